The van der Waals surface area contributed by atoms with Crippen LogP contribution < -0.4 is 5.32 Å². The molecule has 0 fully saturated rings. The fourth-order valence-corrected chi connectivity index (χ4v) is 7.60. The zero-order valence-electron chi connectivity index (χ0n) is 35.9. The lowest BCUT2D eigenvalue weighted by Crippen LogP contribution is -2.48. The van der Waals surface area contributed by atoms with Crippen molar-refractivity contribution in [2.45, 2.75) is 283 Å². The van der Waals surface area contributed by atoms with Crippen molar-refractivity contribution in [1.82, 2.24) is 5.32 Å². The third-order valence-electron chi connectivity index (χ3n) is 11.4. The molecular formula is C48H95NO4. The van der Waals surface area contributed by atoms with Crippen molar-refractivity contribution in [3.05, 3.63) is 12.2 Å². The van der Waals surface area contributed by atoms with Crippen molar-refractivity contribution in [3.63, 3.8) is 0 Å². The standard InChI is InChI=1S/C48H95NO4/c1-3-5-7-9-11-13-15-17-19-20-21-22-23-24-25-26-27-29-31-33-35-37-39-41-43-47(52)48(53)49-45(44-50)46(51)42-40-38-36-34-32-30-28-18-16-14-12-10-8-6-4-2/h40,42,45-47,50-52H,3-39,41,43-44H2,1-2H3,(H,49,53)/b42-40+. The number of unbranched alkanes of at least 4 members (excludes halogenated alkanes) is 36. The normalized spacial score (nSPS) is 13.5. The van der Waals surface area contributed by atoms with Crippen LogP contribution >= 0.6 is 0 Å². The Hall–Kier alpha value is -0.910. The molecule has 0 saturated carbocycles. The first-order valence-corrected chi connectivity index (χ1v) is 24.0. The summed E-state index contributed by atoms with van der Waals surface area (Å²) >= 11 is 0. The van der Waals surface area contributed by atoms with E-state index in [0.717, 1.165) is 32.1 Å². The number of aliphatic hydroxyl groups is 3. The number of amides is 1. The molecule has 1 amide bonds. The average Bonchev–Trinajstić information content (AvgIpc) is 3.16. The van der Waals surface area contributed by atoms with E-state index in [0.29, 0.717) is 6.42 Å². The molecule has 3 atom stereocenters. The predicted octanol–water partition coefficient (Wildman–Crippen LogP) is 14.0. The van der Waals surface area contributed by atoms with E-state index >= 15 is 0 Å². The van der Waals surface area contributed by atoms with Crippen LogP contribution in [0.1, 0.15) is 264 Å². The summed E-state index contributed by atoms with van der Waals surface area (Å²) in [5, 5.41) is 33.2. The summed E-state index contributed by atoms with van der Waals surface area (Å²) in [6.07, 6.45) is 52.6. The number of hydrogen-bond donors (Lipinski definition) is 4. The van der Waals surface area contributed by atoms with Gasteiger partial charge in [0.05, 0.1) is 18.8 Å². The molecule has 3 unspecified atom stereocenters. The molecule has 5 nitrogen and oxygen atoms in total. The first-order chi connectivity index (χ1) is 26.1. The van der Waals surface area contributed by atoms with Gasteiger partial charge in [-0.3, -0.25) is 4.79 Å². The quantitative estimate of drug-likeness (QED) is 0.0369. The minimum atomic E-state index is -1.09. The molecule has 0 heterocycles. The molecule has 0 bridgehead atoms. The molecule has 4 N–H and O–H groups in total. The molecule has 0 aromatic carbocycles. The molecule has 0 rings (SSSR count). The Labute approximate surface area is 331 Å². The van der Waals surface area contributed by atoms with Gasteiger partial charge in [0.2, 0.25) is 5.91 Å². The van der Waals surface area contributed by atoms with E-state index in [1.807, 2.05) is 6.08 Å². The zero-order valence-corrected chi connectivity index (χ0v) is 35.9. The van der Waals surface area contributed by atoms with Gasteiger partial charge in [-0.05, 0) is 19.3 Å². The van der Waals surface area contributed by atoms with E-state index in [2.05, 4.69) is 19.2 Å². The van der Waals surface area contributed by atoms with Gasteiger partial charge in [0, 0.05) is 0 Å². The molecule has 316 valence electrons. The summed E-state index contributed by atoms with van der Waals surface area (Å²) in [5.41, 5.74) is 0. The topological polar surface area (TPSA) is 89.8 Å². The van der Waals surface area contributed by atoms with Gasteiger partial charge in [0.1, 0.15) is 6.10 Å². The van der Waals surface area contributed by atoms with Crippen molar-refractivity contribution in [3.8, 4) is 0 Å². The van der Waals surface area contributed by atoms with Crippen molar-refractivity contribution < 1.29 is 20.1 Å². The zero-order chi connectivity index (χ0) is 38.7. The Morgan fingerprint density at radius 1 is 0.453 bits per heavy atom. The lowest BCUT2D eigenvalue weighted by Gasteiger charge is -2.21. The fourth-order valence-electron chi connectivity index (χ4n) is 7.60. The SMILES string of the molecule is CCCCCCCCCCCCCCC/C=C/C(O)C(CO)NC(=O)C(O)CCCCCCCCCCCCCCCCCCCCCCCCCC. The van der Waals surface area contributed by atoms with Crippen LogP contribution in [-0.4, -0.2) is 46.1 Å². The van der Waals surface area contributed by atoms with E-state index in [4.69, 9.17) is 0 Å². The van der Waals surface area contributed by atoms with Crippen LogP contribution in [0.25, 0.3) is 0 Å². The highest BCUT2D eigenvalue weighted by atomic mass is 16.3. The van der Waals surface area contributed by atoms with Crippen LogP contribution in [0.15, 0.2) is 12.2 Å². The van der Waals surface area contributed by atoms with Crippen molar-refractivity contribution in [1.29, 1.82) is 0 Å². The number of aliphatic hydroxyl groups excluding tert-OH is 3. The number of allylic oxidation sites excluding steroid dienone is 1. The van der Waals surface area contributed by atoms with Gasteiger partial charge in [0.15, 0.2) is 0 Å². The van der Waals surface area contributed by atoms with E-state index in [1.54, 1.807) is 6.08 Å². The highest BCUT2D eigenvalue weighted by Crippen LogP contribution is 2.17. The molecule has 53 heavy (non-hydrogen) atoms. The summed E-state index contributed by atoms with van der Waals surface area (Å²) in [7, 11) is 0. The molecular weight excluding hydrogens is 655 g/mol. The molecule has 0 spiro atoms. The average molecular weight is 750 g/mol. The van der Waals surface area contributed by atoms with Gasteiger partial charge in [-0.15, -0.1) is 0 Å². The summed E-state index contributed by atoms with van der Waals surface area (Å²) in [6.45, 7) is 4.20. The van der Waals surface area contributed by atoms with Gasteiger partial charge < -0.3 is 20.6 Å². The second-order valence-corrected chi connectivity index (χ2v) is 16.7. The molecule has 5 heteroatoms. The van der Waals surface area contributed by atoms with E-state index in [1.165, 1.54) is 212 Å². The minimum Gasteiger partial charge on any atom is -0.394 e. The third-order valence-corrected chi connectivity index (χ3v) is 11.4. The highest BCUT2D eigenvalue weighted by Gasteiger charge is 2.22. The third kappa shape index (κ3) is 39.1. The maximum absolute atomic E-state index is 12.5. The Bertz CT molecular complexity index is 743. The van der Waals surface area contributed by atoms with Gasteiger partial charge in [-0.25, -0.2) is 0 Å². The van der Waals surface area contributed by atoms with Crippen LogP contribution in [0, 0.1) is 0 Å². The van der Waals surface area contributed by atoms with Crippen LogP contribution in [0.3, 0.4) is 0 Å². The maximum atomic E-state index is 12.5. The Morgan fingerprint density at radius 2 is 0.736 bits per heavy atom. The van der Waals surface area contributed by atoms with Gasteiger partial charge in [0.25, 0.3) is 0 Å². The number of carbonyl (C=O) groups is 1. The second-order valence-electron chi connectivity index (χ2n) is 16.7. The first-order valence-electron chi connectivity index (χ1n) is 24.0. The highest BCUT2D eigenvalue weighted by molar-refractivity contribution is 5.80. The molecule has 0 aliphatic heterocycles. The Balaban J connectivity index is 3.57. The molecule has 0 saturated heterocycles. The van der Waals surface area contributed by atoms with Crippen molar-refractivity contribution in [2.75, 3.05) is 6.61 Å². The van der Waals surface area contributed by atoms with Crippen LogP contribution in [0.5, 0.6) is 0 Å². The lowest BCUT2D eigenvalue weighted by molar-refractivity contribution is -0.131. The minimum absolute atomic E-state index is 0.359. The van der Waals surface area contributed by atoms with Crippen LogP contribution in [0.2, 0.25) is 0 Å². The number of nitrogens with one attached hydrogen (secondary N) is 1. The van der Waals surface area contributed by atoms with Gasteiger partial charge in [-0.2, -0.15) is 0 Å². The number of hydrogen-bond acceptors (Lipinski definition) is 4. The van der Waals surface area contributed by atoms with Gasteiger partial charge >= 0.3 is 0 Å². The van der Waals surface area contributed by atoms with Crippen LogP contribution in [-0.2, 0) is 4.79 Å². The number of rotatable bonds is 44. The lowest BCUT2D eigenvalue weighted by atomic mass is 10.0. The van der Waals surface area contributed by atoms with Crippen molar-refractivity contribution >= 4 is 5.91 Å². The number of carbonyl (C=O) groups excluding carboxylic acids is 1. The molecule has 0 aliphatic carbocycles. The molecule has 0 radical (unpaired) electrons. The molecule has 0 aromatic rings. The first kappa shape index (κ1) is 52.1. The molecule has 0 aliphatic rings. The summed E-state index contributed by atoms with van der Waals surface area (Å²) in [5.74, 6) is -0.498. The monoisotopic (exact) mass is 750 g/mol. The summed E-state index contributed by atoms with van der Waals surface area (Å²) < 4.78 is 0. The predicted molar refractivity (Wildman–Crippen MR) is 232 cm³/mol. The molecule has 0 aromatic heterocycles. The van der Waals surface area contributed by atoms with E-state index in [-0.39, 0.29) is 6.61 Å². The Morgan fingerprint density at radius 3 is 1.04 bits per heavy atom. The van der Waals surface area contributed by atoms with Gasteiger partial charge in [-0.1, -0.05) is 257 Å². The van der Waals surface area contributed by atoms with Crippen LogP contribution in [0.4, 0.5) is 0 Å². The largest absolute Gasteiger partial charge is 0.394 e. The summed E-state index contributed by atoms with van der Waals surface area (Å²) in [6, 6.07) is -0.792. The van der Waals surface area contributed by atoms with E-state index < -0.39 is 24.2 Å². The fraction of sp³-hybridized carbons (Fsp3) is 0.938. The second kappa shape index (κ2) is 43.8. The summed E-state index contributed by atoms with van der Waals surface area (Å²) in [4.78, 5) is 12.5. The smallest absolute Gasteiger partial charge is 0.249 e. The van der Waals surface area contributed by atoms with E-state index in [9.17, 15) is 20.1 Å². The Kier molecular flexibility index (Phi) is 43.1. The maximum Gasteiger partial charge on any atom is 0.249 e. The van der Waals surface area contributed by atoms with Crippen molar-refractivity contribution in [2.24, 2.45) is 0 Å².